The zero-order valence-corrected chi connectivity index (χ0v) is 15.7. The summed E-state index contributed by atoms with van der Waals surface area (Å²) in [6.07, 6.45) is 0. The number of hydrogen-bond acceptors (Lipinski definition) is 3. The molecular weight excluding hydrogens is 414 g/mol. The summed E-state index contributed by atoms with van der Waals surface area (Å²) in [5.41, 5.74) is 1.50. The number of benzene rings is 2. The monoisotopic (exact) mass is 425 g/mol. The molecular formula is C16H13BrClN3O2S. The molecule has 0 bridgehead atoms. The van der Waals surface area contributed by atoms with Gasteiger partial charge in [-0.15, -0.1) is 0 Å². The molecule has 0 aliphatic heterocycles. The number of nitrogens with one attached hydrogen (secondary N) is 1. The van der Waals surface area contributed by atoms with Crippen LogP contribution in [0.5, 0.6) is 0 Å². The summed E-state index contributed by atoms with van der Waals surface area (Å²) in [6.45, 7) is 0. The molecule has 8 heteroatoms. The number of rotatable bonds is 4. The summed E-state index contributed by atoms with van der Waals surface area (Å²) in [7, 11) is -2.04. The van der Waals surface area contributed by atoms with Gasteiger partial charge in [0.25, 0.3) is 10.0 Å². The van der Waals surface area contributed by atoms with E-state index in [0.717, 1.165) is 5.56 Å². The van der Waals surface area contributed by atoms with Gasteiger partial charge in [-0.1, -0.05) is 35.9 Å². The van der Waals surface area contributed by atoms with Gasteiger partial charge in [-0.25, -0.2) is 8.42 Å². The van der Waals surface area contributed by atoms with E-state index in [-0.39, 0.29) is 4.90 Å². The minimum Gasteiger partial charge on any atom is -0.264 e. The van der Waals surface area contributed by atoms with E-state index in [4.69, 9.17) is 11.6 Å². The largest absolute Gasteiger partial charge is 0.264 e. The van der Waals surface area contributed by atoms with E-state index in [1.165, 1.54) is 10.7 Å². The SMILES string of the molecule is Cn1nc(-c2ccc(Cl)cc2)cc1NS(=O)(=O)c1ccccc1Br. The van der Waals surface area contributed by atoms with Gasteiger partial charge in [0.15, 0.2) is 0 Å². The Morgan fingerprint density at radius 2 is 1.79 bits per heavy atom. The van der Waals surface area contributed by atoms with E-state index in [2.05, 4.69) is 25.8 Å². The first-order valence-electron chi connectivity index (χ1n) is 6.94. The number of hydrogen-bond donors (Lipinski definition) is 1. The molecule has 0 saturated carbocycles. The molecule has 1 aromatic heterocycles. The van der Waals surface area contributed by atoms with Crippen molar-refractivity contribution in [2.24, 2.45) is 7.05 Å². The van der Waals surface area contributed by atoms with Crippen LogP contribution >= 0.6 is 27.5 Å². The average molecular weight is 427 g/mol. The summed E-state index contributed by atoms with van der Waals surface area (Å²) >= 11 is 9.14. The fraction of sp³-hybridized carbons (Fsp3) is 0.0625. The third kappa shape index (κ3) is 3.48. The van der Waals surface area contributed by atoms with E-state index in [1.54, 1.807) is 43.4 Å². The quantitative estimate of drug-likeness (QED) is 0.676. The van der Waals surface area contributed by atoms with Crippen LogP contribution in [0.1, 0.15) is 0 Å². The lowest BCUT2D eigenvalue weighted by molar-refractivity contribution is 0.600. The van der Waals surface area contributed by atoms with Gasteiger partial charge in [0.2, 0.25) is 0 Å². The normalized spacial score (nSPS) is 11.5. The molecule has 0 fully saturated rings. The molecule has 3 aromatic rings. The fourth-order valence-electron chi connectivity index (χ4n) is 2.18. The number of aromatic nitrogens is 2. The second-order valence-electron chi connectivity index (χ2n) is 5.08. The van der Waals surface area contributed by atoms with E-state index in [9.17, 15) is 8.42 Å². The Bertz CT molecular complexity index is 985. The molecule has 0 aliphatic carbocycles. The lowest BCUT2D eigenvalue weighted by Crippen LogP contribution is -2.15. The molecule has 1 N–H and O–H groups in total. The topological polar surface area (TPSA) is 64.0 Å². The maximum atomic E-state index is 12.6. The van der Waals surface area contributed by atoms with Gasteiger partial charge in [0, 0.05) is 28.2 Å². The first kappa shape index (κ1) is 17.0. The molecule has 0 spiro atoms. The van der Waals surface area contributed by atoms with Gasteiger partial charge in [-0.05, 0) is 40.2 Å². The van der Waals surface area contributed by atoms with Crippen molar-refractivity contribution in [1.29, 1.82) is 0 Å². The number of anilines is 1. The van der Waals surface area contributed by atoms with E-state index >= 15 is 0 Å². The Kier molecular flexibility index (Phi) is 4.67. The molecule has 0 aliphatic rings. The van der Waals surface area contributed by atoms with Crippen LogP contribution in [0.3, 0.4) is 0 Å². The predicted molar refractivity (Wildman–Crippen MR) is 98.6 cm³/mol. The van der Waals surface area contributed by atoms with Crippen LogP contribution in [-0.2, 0) is 17.1 Å². The summed E-state index contributed by atoms with van der Waals surface area (Å²) in [5, 5.41) is 4.97. The second kappa shape index (κ2) is 6.58. The lowest BCUT2D eigenvalue weighted by Gasteiger charge is -2.09. The standard InChI is InChI=1S/C16H13BrClN3O2S/c1-21-16(10-14(19-21)11-6-8-12(18)9-7-11)20-24(22,23)15-5-3-2-4-13(15)17/h2-10,20H,1H3. The summed E-state index contributed by atoms with van der Waals surface area (Å²) < 4.78 is 29.7. The van der Waals surface area contributed by atoms with Crippen LogP contribution < -0.4 is 4.72 Å². The van der Waals surface area contributed by atoms with Gasteiger partial charge < -0.3 is 0 Å². The molecule has 1 heterocycles. The molecule has 0 unspecified atom stereocenters. The van der Waals surface area contributed by atoms with Crippen LogP contribution in [-0.4, -0.2) is 18.2 Å². The van der Waals surface area contributed by atoms with Gasteiger partial charge in [0.1, 0.15) is 10.7 Å². The highest BCUT2D eigenvalue weighted by atomic mass is 79.9. The first-order chi connectivity index (χ1) is 11.4. The lowest BCUT2D eigenvalue weighted by atomic mass is 10.1. The minimum atomic E-state index is -3.72. The highest BCUT2D eigenvalue weighted by Crippen LogP contribution is 2.26. The summed E-state index contributed by atoms with van der Waals surface area (Å²) in [6, 6.07) is 15.5. The fourth-order valence-corrected chi connectivity index (χ4v) is 4.39. The zero-order valence-electron chi connectivity index (χ0n) is 12.6. The molecule has 3 rings (SSSR count). The molecule has 124 valence electrons. The first-order valence-corrected chi connectivity index (χ1v) is 9.59. The van der Waals surface area contributed by atoms with Gasteiger partial charge in [-0.3, -0.25) is 9.40 Å². The Balaban J connectivity index is 1.94. The van der Waals surface area contributed by atoms with E-state index in [1.807, 2.05) is 12.1 Å². The van der Waals surface area contributed by atoms with Crippen molar-refractivity contribution in [2.75, 3.05) is 4.72 Å². The maximum absolute atomic E-state index is 12.6. The van der Waals surface area contributed by atoms with Gasteiger partial charge in [0.05, 0.1) is 5.69 Å². The minimum absolute atomic E-state index is 0.166. The van der Waals surface area contributed by atoms with Crippen molar-refractivity contribution < 1.29 is 8.42 Å². The third-order valence-corrected chi connectivity index (χ3v) is 6.00. The van der Waals surface area contributed by atoms with Crippen LogP contribution in [0.4, 0.5) is 5.82 Å². The Hall–Kier alpha value is -1.83. The van der Waals surface area contributed by atoms with Crippen molar-refractivity contribution >= 4 is 43.4 Å². The predicted octanol–water partition coefficient (Wildman–Crippen LogP) is 4.30. The van der Waals surface area contributed by atoms with Crippen LogP contribution in [0.2, 0.25) is 5.02 Å². The number of aryl methyl sites for hydroxylation is 1. The van der Waals surface area contributed by atoms with Crippen molar-refractivity contribution in [1.82, 2.24) is 9.78 Å². The Morgan fingerprint density at radius 3 is 2.46 bits per heavy atom. The Morgan fingerprint density at radius 1 is 1.12 bits per heavy atom. The smallest absolute Gasteiger partial charge is 0.264 e. The Labute approximate surface area is 153 Å². The number of sulfonamides is 1. The van der Waals surface area contributed by atoms with Crippen LogP contribution in [0.15, 0.2) is 64.0 Å². The molecule has 24 heavy (non-hydrogen) atoms. The molecule has 5 nitrogen and oxygen atoms in total. The van der Waals surface area contributed by atoms with Crippen molar-refractivity contribution in [3.8, 4) is 11.3 Å². The second-order valence-corrected chi connectivity index (χ2v) is 8.02. The molecule has 0 atom stereocenters. The van der Waals surface area contributed by atoms with Crippen LogP contribution in [0.25, 0.3) is 11.3 Å². The maximum Gasteiger partial charge on any atom is 0.264 e. The highest BCUT2D eigenvalue weighted by molar-refractivity contribution is 9.10. The highest BCUT2D eigenvalue weighted by Gasteiger charge is 2.19. The molecule has 0 saturated heterocycles. The van der Waals surface area contributed by atoms with Gasteiger partial charge >= 0.3 is 0 Å². The van der Waals surface area contributed by atoms with Crippen molar-refractivity contribution in [3.63, 3.8) is 0 Å². The average Bonchev–Trinajstić information content (AvgIpc) is 2.88. The number of halogens is 2. The van der Waals surface area contributed by atoms with Crippen molar-refractivity contribution in [3.05, 3.63) is 64.1 Å². The zero-order chi connectivity index (χ0) is 17.3. The molecule has 0 amide bonds. The van der Waals surface area contributed by atoms with Crippen molar-refractivity contribution in [2.45, 2.75) is 4.90 Å². The molecule has 2 aromatic carbocycles. The summed E-state index contributed by atoms with van der Waals surface area (Å²) in [4.78, 5) is 0.166. The number of nitrogens with zero attached hydrogens (tertiary/aromatic N) is 2. The van der Waals surface area contributed by atoms with E-state index in [0.29, 0.717) is 21.0 Å². The molecule has 0 radical (unpaired) electrons. The summed E-state index contributed by atoms with van der Waals surface area (Å²) in [5.74, 6) is 0.371. The van der Waals surface area contributed by atoms with Gasteiger partial charge in [-0.2, -0.15) is 5.10 Å². The van der Waals surface area contributed by atoms with E-state index < -0.39 is 10.0 Å². The van der Waals surface area contributed by atoms with Crippen LogP contribution in [0, 0.1) is 0 Å². The third-order valence-electron chi connectivity index (χ3n) is 3.38.